The van der Waals surface area contributed by atoms with Crippen molar-refractivity contribution in [1.82, 2.24) is 34.7 Å². The molecule has 0 saturated heterocycles. The van der Waals surface area contributed by atoms with E-state index in [2.05, 4.69) is 48.5 Å². The molecule has 0 saturated carbocycles. The van der Waals surface area contributed by atoms with Gasteiger partial charge in [-0.05, 0) is 62.5 Å². The van der Waals surface area contributed by atoms with Crippen molar-refractivity contribution < 1.29 is 0 Å². The zero-order chi connectivity index (χ0) is 24.4. The lowest BCUT2D eigenvalue weighted by molar-refractivity contribution is 0.691. The number of aromatic nitrogens is 7. The highest BCUT2D eigenvalue weighted by Crippen LogP contribution is 2.30. The van der Waals surface area contributed by atoms with Crippen molar-refractivity contribution in [3.8, 4) is 28.2 Å². The Kier molecular flexibility index (Phi) is 6.61. The molecule has 0 aliphatic heterocycles. The molecule has 0 aliphatic rings. The smallest absolute Gasteiger partial charge is 0.292 e. The van der Waals surface area contributed by atoms with E-state index in [4.69, 9.17) is 11.6 Å². The maximum Gasteiger partial charge on any atom is 0.333 e. The van der Waals surface area contributed by atoms with Crippen LogP contribution in [0.5, 0.6) is 0 Å². The molecule has 176 valence electrons. The van der Waals surface area contributed by atoms with Crippen LogP contribution >= 0.6 is 27.5 Å². The summed E-state index contributed by atoms with van der Waals surface area (Å²) < 4.78 is 4.21. The highest BCUT2D eigenvalue weighted by molar-refractivity contribution is 9.10. The largest absolute Gasteiger partial charge is 0.333 e. The minimum atomic E-state index is -0.125. The van der Waals surface area contributed by atoms with E-state index in [1.807, 2.05) is 53.2 Å². The first-order valence-electron chi connectivity index (χ1n) is 11.1. The molecule has 3 heterocycles. The third-order valence-electron chi connectivity index (χ3n) is 5.76. The van der Waals surface area contributed by atoms with Crippen molar-refractivity contribution in [1.29, 1.82) is 0 Å². The second-order valence-corrected chi connectivity index (χ2v) is 9.29. The number of hydrogen-bond acceptors (Lipinski definition) is 5. The average molecular weight is 551 g/mol. The summed E-state index contributed by atoms with van der Waals surface area (Å²) in [5.41, 5.74) is 5.23. The number of halogens is 2. The fraction of sp³-hybridized carbons (Fsp3) is 0.160. The lowest BCUT2D eigenvalue weighted by atomic mass is 10.00. The van der Waals surface area contributed by atoms with Gasteiger partial charge in [0.2, 0.25) is 5.82 Å². The third kappa shape index (κ3) is 4.56. The van der Waals surface area contributed by atoms with Crippen LogP contribution in [0.1, 0.15) is 24.6 Å². The van der Waals surface area contributed by atoms with E-state index in [0.29, 0.717) is 23.1 Å². The van der Waals surface area contributed by atoms with Crippen molar-refractivity contribution in [3.05, 3.63) is 98.4 Å². The first kappa shape index (κ1) is 23.2. The second-order valence-electron chi connectivity index (χ2n) is 8.03. The van der Waals surface area contributed by atoms with E-state index >= 15 is 0 Å². The SMILES string of the molecule is CCCc1cn(-c2c(Cl)cccc2Br)c(=O)n1Cc1ccc(-c2ccncc2-c2nn[nH]n2)cc1. The van der Waals surface area contributed by atoms with E-state index in [1.54, 1.807) is 23.0 Å². The van der Waals surface area contributed by atoms with Gasteiger partial charge in [0.1, 0.15) is 0 Å². The van der Waals surface area contributed by atoms with Gasteiger partial charge in [-0.15, -0.1) is 10.2 Å². The zero-order valence-corrected chi connectivity index (χ0v) is 21.2. The molecular formula is C25H21BrClN7O. The zero-order valence-electron chi connectivity index (χ0n) is 18.8. The number of rotatable bonds is 7. The topological polar surface area (TPSA) is 94.3 Å². The highest BCUT2D eigenvalue weighted by Gasteiger charge is 2.17. The van der Waals surface area contributed by atoms with E-state index in [0.717, 1.165) is 45.3 Å². The van der Waals surface area contributed by atoms with E-state index in [9.17, 15) is 4.79 Å². The van der Waals surface area contributed by atoms with Crippen LogP contribution in [0.4, 0.5) is 0 Å². The molecular weight excluding hydrogens is 530 g/mol. The van der Waals surface area contributed by atoms with Crippen molar-refractivity contribution in [3.63, 3.8) is 0 Å². The third-order valence-corrected chi connectivity index (χ3v) is 6.70. The lowest BCUT2D eigenvalue weighted by Crippen LogP contribution is -2.25. The second kappa shape index (κ2) is 9.97. The molecule has 1 N–H and O–H groups in total. The maximum atomic E-state index is 13.5. The first-order valence-corrected chi connectivity index (χ1v) is 12.3. The van der Waals surface area contributed by atoms with Crippen LogP contribution in [0.25, 0.3) is 28.2 Å². The standard InChI is InChI=1S/C25H21BrClN7O/c1-2-4-18-15-34(23-21(26)5-3-6-22(23)27)25(35)33(18)14-16-7-9-17(10-8-16)19-11-12-28-13-20(19)24-29-31-32-30-24/h3,5-13,15H,2,4,14H2,1H3,(H,29,30,31,32). The summed E-state index contributed by atoms with van der Waals surface area (Å²) in [6, 6.07) is 15.5. The molecule has 5 rings (SSSR count). The summed E-state index contributed by atoms with van der Waals surface area (Å²) in [4.78, 5) is 17.7. The number of aryl methyl sites for hydroxylation is 1. The number of tetrazole rings is 1. The number of benzene rings is 2. The van der Waals surface area contributed by atoms with Gasteiger partial charge in [-0.2, -0.15) is 5.21 Å². The van der Waals surface area contributed by atoms with Gasteiger partial charge in [-0.25, -0.2) is 4.79 Å². The van der Waals surface area contributed by atoms with Crippen molar-refractivity contribution in [2.45, 2.75) is 26.3 Å². The Morgan fingerprint density at radius 3 is 2.63 bits per heavy atom. The molecule has 0 unspecified atom stereocenters. The molecule has 0 atom stereocenters. The molecule has 5 aromatic rings. The van der Waals surface area contributed by atoms with Gasteiger partial charge in [0, 0.05) is 34.3 Å². The first-order chi connectivity index (χ1) is 17.1. The van der Waals surface area contributed by atoms with E-state index in [1.165, 1.54) is 0 Å². The Bertz CT molecular complexity index is 1500. The Balaban J connectivity index is 1.49. The average Bonchev–Trinajstić information content (AvgIpc) is 3.50. The molecule has 0 spiro atoms. The van der Waals surface area contributed by atoms with Crippen molar-refractivity contribution in [2.24, 2.45) is 0 Å². The number of H-pyrrole nitrogens is 1. The summed E-state index contributed by atoms with van der Waals surface area (Å²) in [5.74, 6) is 0.486. The fourth-order valence-electron chi connectivity index (χ4n) is 4.10. The van der Waals surface area contributed by atoms with Crippen LogP contribution < -0.4 is 5.69 Å². The molecule has 0 bridgehead atoms. The number of aromatic amines is 1. The van der Waals surface area contributed by atoms with Crippen LogP contribution in [0, 0.1) is 0 Å². The minimum absolute atomic E-state index is 0.125. The summed E-state index contributed by atoms with van der Waals surface area (Å²) >= 11 is 9.98. The lowest BCUT2D eigenvalue weighted by Gasteiger charge is -2.10. The van der Waals surface area contributed by atoms with Crippen molar-refractivity contribution >= 4 is 27.5 Å². The molecule has 0 fully saturated rings. The normalized spacial score (nSPS) is 11.2. The summed E-state index contributed by atoms with van der Waals surface area (Å²) in [6.07, 6.45) is 7.06. The number of imidazole rings is 1. The Morgan fingerprint density at radius 2 is 1.91 bits per heavy atom. The van der Waals surface area contributed by atoms with E-state index in [-0.39, 0.29) is 5.69 Å². The Labute approximate surface area is 214 Å². The van der Waals surface area contributed by atoms with Gasteiger partial charge in [0.05, 0.1) is 17.3 Å². The number of para-hydroxylation sites is 1. The minimum Gasteiger partial charge on any atom is -0.292 e. The molecule has 0 aliphatic carbocycles. The molecule has 2 aromatic carbocycles. The molecule has 8 nitrogen and oxygen atoms in total. The van der Waals surface area contributed by atoms with Gasteiger partial charge >= 0.3 is 5.69 Å². The monoisotopic (exact) mass is 549 g/mol. The number of nitrogens with zero attached hydrogens (tertiary/aromatic N) is 6. The van der Waals surface area contributed by atoms with Crippen LogP contribution in [0.15, 0.2) is 76.4 Å². The summed E-state index contributed by atoms with van der Waals surface area (Å²) in [6.45, 7) is 2.56. The van der Waals surface area contributed by atoms with Gasteiger partial charge in [0.25, 0.3) is 0 Å². The fourth-order valence-corrected chi connectivity index (χ4v) is 5.04. The highest BCUT2D eigenvalue weighted by atomic mass is 79.9. The molecule has 35 heavy (non-hydrogen) atoms. The van der Waals surface area contributed by atoms with Crippen LogP contribution in [-0.4, -0.2) is 34.7 Å². The number of hydrogen-bond donors (Lipinski definition) is 1. The quantitative estimate of drug-likeness (QED) is 0.297. The Morgan fingerprint density at radius 1 is 1.09 bits per heavy atom. The number of nitrogens with one attached hydrogen (secondary N) is 1. The van der Waals surface area contributed by atoms with Gasteiger partial charge in [-0.3, -0.25) is 14.1 Å². The summed E-state index contributed by atoms with van der Waals surface area (Å²) in [7, 11) is 0. The maximum absolute atomic E-state index is 13.5. The van der Waals surface area contributed by atoms with Gasteiger partial charge < -0.3 is 0 Å². The van der Waals surface area contributed by atoms with Crippen molar-refractivity contribution in [2.75, 3.05) is 0 Å². The molecule has 10 heteroatoms. The Hall–Kier alpha value is -3.56. The van der Waals surface area contributed by atoms with Gasteiger partial charge in [-0.1, -0.05) is 55.3 Å². The van der Waals surface area contributed by atoms with Crippen LogP contribution in [0.3, 0.4) is 0 Å². The number of pyridine rings is 1. The predicted octanol–water partition coefficient (Wildman–Crippen LogP) is 5.30. The van der Waals surface area contributed by atoms with Gasteiger partial charge in [0.15, 0.2) is 0 Å². The molecule has 0 radical (unpaired) electrons. The summed E-state index contributed by atoms with van der Waals surface area (Å²) in [5, 5.41) is 14.8. The van der Waals surface area contributed by atoms with Crippen LogP contribution in [0.2, 0.25) is 5.02 Å². The van der Waals surface area contributed by atoms with Crippen LogP contribution in [-0.2, 0) is 13.0 Å². The van der Waals surface area contributed by atoms with E-state index < -0.39 is 0 Å². The molecule has 0 amide bonds. The predicted molar refractivity (Wildman–Crippen MR) is 139 cm³/mol. The molecule has 3 aromatic heterocycles.